The van der Waals surface area contributed by atoms with E-state index in [1.807, 2.05) is 0 Å². The van der Waals surface area contributed by atoms with Crippen molar-refractivity contribution in [1.29, 1.82) is 0 Å². The van der Waals surface area contributed by atoms with Crippen molar-refractivity contribution in [1.82, 2.24) is 0 Å². The molecule has 1 N–H and O–H groups in total. The van der Waals surface area contributed by atoms with Crippen LogP contribution in [0.4, 0.5) is 0 Å². The Kier molecular flexibility index (Phi) is 2.24. The van der Waals surface area contributed by atoms with Gasteiger partial charge < -0.3 is 5.21 Å². The summed E-state index contributed by atoms with van der Waals surface area (Å²) in [6.07, 6.45) is 0.859. The van der Waals surface area contributed by atoms with Crippen LogP contribution in [0.3, 0.4) is 0 Å². The number of nitrogens with zero attached hydrogens (tertiary/aromatic N) is 2. The van der Waals surface area contributed by atoms with E-state index >= 15 is 0 Å². The van der Waals surface area contributed by atoms with E-state index in [0.29, 0.717) is 5.56 Å². The highest BCUT2D eigenvalue weighted by molar-refractivity contribution is 6.25. The van der Waals surface area contributed by atoms with Gasteiger partial charge in [-0.05, 0) is 0 Å². The lowest BCUT2D eigenvalue weighted by molar-refractivity contribution is -0.415. The number of rotatable bonds is 1. The van der Waals surface area contributed by atoms with Crippen LogP contribution >= 0.6 is 0 Å². The molecular formula is C10H6N2O4. The zero-order chi connectivity index (χ0) is 11.7. The van der Waals surface area contributed by atoms with Crippen LogP contribution in [0.5, 0.6) is 0 Å². The van der Waals surface area contributed by atoms with Crippen molar-refractivity contribution >= 4 is 11.5 Å². The molecule has 0 saturated heterocycles. The normalized spacial score (nSPS) is 16.9. The molecule has 0 atom stereocenters. The molecule has 6 heteroatoms. The SMILES string of the molecule is O=C1C=C([N+](=O)[O-])C(=NO)c2ccccc21. The number of ketones is 1. The second-order valence-corrected chi connectivity index (χ2v) is 3.15. The van der Waals surface area contributed by atoms with Crippen LogP contribution in [-0.2, 0) is 0 Å². The van der Waals surface area contributed by atoms with Crippen molar-refractivity contribution in [3.8, 4) is 0 Å². The highest BCUT2D eigenvalue weighted by Crippen LogP contribution is 2.21. The number of allylic oxidation sites excluding steroid dienone is 2. The molecule has 0 spiro atoms. The third-order valence-corrected chi connectivity index (χ3v) is 2.25. The van der Waals surface area contributed by atoms with Gasteiger partial charge in [0.1, 0.15) is 0 Å². The number of nitro groups is 1. The fourth-order valence-corrected chi connectivity index (χ4v) is 1.56. The highest BCUT2D eigenvalue weighted by Gasteiger charge is 2.31. The zero-order valence-corrected chi connectivity index (χ0v) is 7.95. The minimum absolute atomic E-state index is 0.194. The lowest BCUT2D eigenvalue weighted by Gasteiger charge is -2.11. The molecule has 2 rings (SSSR count). The molecule has 0 radical (unpaired) electrons. The van der Waals surface area contributed by atoms with E-state index in [9.17, 15) is 14.9 Å². The largest absolute Gasteiger partial charge is 0.410 e. The zero-order valence-electron chi connectivity index (χ0n) is 7.95. The van der Waals surface area contributed by atoms with E-state index in [1.165, 1.54) is 12.1 Å². The van der Waals surface area contributed by atoms with Crippen molar-refractivity contribution < 1.29 is 14.9 Å². The maximum Gasteiger partial charge on any atom is 0.302 e. The third-order valence-electron chi connectivity index (χ3n) is 2.25. The first-order valence-corrected chi connectivity index (χ1v) is 4.37. The molecule has 0 fully saturated rings. The van der Waals surface area contributed by atoms with Gasteiger partial charge in [-0.2, -0.15) is 0 Å². The molecule has 0 heterocycles. The van der Waals surface area contributed by atoms with Crippen LogP contribution < -0.4 is 0 Å². The van der Waals surface area contributed by atoms with Crippen molar-refractivity contribution in [3.05, 3.63) is 57.3 Å². The Labute approximate surface area is 89.7 Å². The molecule has 0 saturated carbocycles. The lowest BCUT2D eigenvalue weighted by Crippen LogP contribution is -2.22. The summed E-state index contributed by atoms with van der Waals surface area (Å²) >= 11 is 0. The average Bonchev–Trinajstić information content (AvgIpc) is 2.29. The van der Waals surface area contributed by atoms with Crippen LogP contribution in [0.2, 0.25) is 0 Å². The minimum Gasteiger partial charge on any atom is -0.410 e. The fourth-order valence-electron chi connectivity index (χ4n) is 1.56. The minimum atomic E-state index is -0.747. The van der Waals surface area contributed by atoms with E-state index in [-0.39, 0.29) is 11.3 Å². The molecule has 0 unspecified atom stereocenters. The summed E-state index contributed by atoms with van der Waals surface area (Å²) in [4.78, 5) is 21.5. The Hall–Kier alpha value is -2.50. The highest BCUT2D eigenvalue weighted by atomic mass is 16.6. The molecule has 6 nitrogen and oxygen atoms in total. The Bertz CT molecular complexity index is 546. The summed E-state index contributed by atoms with van der Waals surface area (Å²) in [5, 5.41) is 22.3. The molecular weight excluding hydrogens is 212 g/mol. The van der Waals surface area contributed by atoms with Gasteiger partial charge in [-0.3, -0.25) is 14.9 Å². The first-order chi connectivity index (χ1) is 7.65. The molecule has 1 aliphatic carbocycles. The molecule has 0 aliphatic heterocycles. The van der Waals surface area contributed by atoms with Crippen molar-refractivity contribution in [2.24, 2.45) is 5.16 Å². The molecule has 1 aliphatic rings. The molecule has 1 aromatic carbocycles. The van der Waals surface area contributed by atoms with Gasteiger partial charge in [-0.1, -0.05) is 29.4 Å². The van der Waals surface area contributed by atoms with E-state index in [4.69, 9.17) is 5.21 Å². The van der Waals surface area contributed by atoms with Crippen LogP contribution in [0, 0.1) is 10.1 Å². The Morgan fingerprint density at radius 1 is 1.25 bits per heavy atom. The summed E-state index contributed by atoms with van der Waals surface area (Å²) in [5.41, 5.74) is -0.128. The molecule has 0 aromatic heterocycles. The van der Waals surface area contributed by atoms with Crippen LogP contribution in [0.25, 0.3) is 0 Å². The maximum absolute atomic E-state index is 11.5. The first-order valence-electron chi connectivity index (χ1n) is 4.37. The van der Waals surface area contributed by atoms with Crippen molar-refractivity contribution in [2.75, 3.05) is 0 Å². The Balaban J connectivity index is 2.69. The van der Waals surface area contributed by atoms with Gasteiger partial charge in [0.25, 0.3) is 0 Å². The van der Waals surface area contributed by atoms with Gasteiger partial charge in [-0.15, -0.1) is 0 Å². The van der Waals surface area contributed by atoms with Gasteiger partial charge in [0, 0.05) is 11.1 Å². The predicted molar refractivity (Wildman–Crippen MR) is 54.2 cm³/mol. The Morgan fingerprint density at radius 2 is 1.88 bits per heavy atom. The number of hydrogen-bond acceptors (Lipinski definition) is 5. The summed E-state index contributed by atoms with van der Waals surface area (Å²) in [6.45, 7) is 0. The number of benzene rings is 1. The summed E-state index contributed by atoms with van der Waals surface area (Å²) in [6, 6.07) is 6.27. The summed E-state index contributed by atoms with van der Waals surface area (Å²) < 4.78 is 0. The van der Waals surface area contributed by atoms with Gasteiger partial charge in [-0.25, -0.2) is 0 Å². The number of carbonyl (C=O) groups is 1. The summed E-state index contributed by atoms with van der Waals surface area (Å²) in [5.74, 6) is -0.463. The number of fused-ring (bicyclic) bond motifs is 1. The first kappa shape index (κ1) is 10.0. The molecule has 0 bridgehead atoms. The monoisotopic (exact) mass is 218 g/mol. The molecule has 0 amide bonds. The van der Waals surface area contributed by atoms with E-state index in [0.717, 1.165) is 6.08 Å². The van der Waals surface area contributed by atoms with Crippen molar-refractivity contribution in [2.45, 2.75) is 0 Å². The van der Waals surface area contributed by atoms with Gasteiger partial charge in [0.2, 0.25) is 0 Å². The van der Waals surface area contributed by atoms with Gasteiger partial charge >= 0.3 is 5.70 Å². The van der Waals surface area contributed by atoms with E-state index < -0.39 is 16.4 Å². The van der Waals surface area contributed by atoms with E-state index in [2.05, 4.69) is 5.16 Å². The fraction of sp³-hybridized carbons (Fsp3) is 0. The predicted octanol–water partition coefficient (Wildman–Crippen LogP) is 1.22. The average molecular weight is 218 g/mol. The molecule has 80 valence electrons. The molecule has 1 aromatic rings. The Morgan fingerprint density at radius 3 is 2.44 bits per heavy atom. The van der Waals surface area contributed by atoms with Gasteiger partial charge in [0.15, 0.2) is 11.5 Å². The molecule has 16 heavy (non-hydrogen) atoms. The number of carbonyl (C=O) groups excluding carboxylic acids is 1. The van der Waals surface area contributed by atoms with Crippen molar-refractivity contribution in [3.63, 3.8) is 0 Å². The third kappa shape index (κ3) is 1.36. The van der Waals surface area contributed by atoms with Crippen LogP contribution in [0.15, 0.2) is 41.2 Å². The summed E-state index contributed by atoms with van der Waals surface area (Å²) in [7, 11) is 0. The second-order valence-electron chi connectivity index (χ2n) is 3.15. The lowest BCUT2D eigenvalue weighted by atomic mass is 9.92. The van der Waals surface area contributed by atoms with Gasteiger partial charge in [0.05, 0.1) is 11.0 Å². The standard InChI is InChI=1S/C10H6N2O4/c13-9-5-8(12(15)16)10(11-14)7-4-2-1-3-6(7)9/h1-5,14H. The van der Waals surface area contributed by atoms with Crippen LogP contribution in [-0.4, -0.2) is 21.6 Å². The maximum atomic E-state index is 11.5. The topological polar surface area (TPSA) is 92.8 Å². The van der Waals surface area contributed by atoms with Crippen LogP contribution in [0.1, 0.15) is 15.9 Å². The smallest absolute Gasteiger partial charge is 0.302 e. The number of hydrogen-bond donors (Lipinski definition) is 1. The quantitative estimate of drug-likeness (QED) is 0.435. The van der Waals surface area contributed by atoms with E-state index in [1.54, 1.807) is 12.1 Å². The second kappa shape index (κ2) is 3.58. The number of oxime groups is 1.